The van der Waals surface area contributed by atoms with Crippen molar-refractivity contribution in [1.29, 1.82) is 0 Å². The SMILES string of the molecule is CC(=O)Nc1ncc(CN2CCC(Cc3cncnc3C)C2)s1. The Morgan fingerprint density at radius 1 is 1.43 bits per heavy atom. The second kappa shape index (κ2) is 7.14. The number of hydrogen-bond acceptors (Lipinski definition) is 6. The molecule has 1 N–H and O–H groups in total. The minimum Gasteiger partial charge on any atom is -0.302 e. The number of thiazole rings is 1. The van der Waals surface area contributed by atoms with E-state index in [4.69, 9.17) is 0 Å². The summed E-state index contributed by atoms with van der Waals surface area (Å²) in [6.07, 6.45) is 7.65. The van der Waals surface area contributed by atoms with Gasteiger partial charge in [-0.25, -0.2) is 15.0 Å². The lowest BCUT2D eigenvalue weighted by atomic mass is 9.99. The number of nitrogens with one attached hydrogen (secondary N) is 1. The van der Waals surface area contributed by atoms with Gasteiger partial charge in [0.1, 0.15) is 6.33 Å². The van der Waals surface area contributed by atoms with Gasteiger partial charge in [0.2, 0.25) is 5.91 Å². The number of aryl methyl sites for hydroxylation is 1. The summed E-state index contributed by atoms with van der Waals surface area (Å²) in [6, 6.07) is 0. The summed E-state index contributed by atoms with van der Waals surface area (Å²) >= 11 is 1.55. The Kier molecular flexibility index (Phi) is 4.97. The Labute approximate surface area is 140 Å². The smallest absolute Gasteiger partial charge is 0.223 e. The van der Waals surface area contributed by atoms with E-state index in [1.54, 1.807) is 17.7 Å². The van der Waals surface area contributed by atoms with E-state index in [2.05, 4.69) is 25.2 Å². The molecule has 1 fully saturated rings. The molecule has 1 aliphatic rings. The van der Waals surface area contributed by atoms with Crippen molar-refractivity contribution in [2.24, 2.45) is 5.92 Å². The Morgan fingerprint density at radius 3 is 3.09 bits per heavy atom. The number of nitrogens with zero attached hydrogens (tertiary/aromatic N) is 4. The van der Waals surface area contributed by atoms with Crippen LogP contribution in [-0.4, -0.2) is 38.8 Å². The van der Waals surface area contributed by atoms with Crippen molar-refractivity contribution in [2.75, 3.05) is 18.4 Å². The maximum absolute atomic E-state index is 11.0. The van der Waals surface area contributed by atoms with Crippen molar-refractivity contribution in [3.8, 4) is 0 Å². The molecule has 3 rings (SSSR count). The average molecular weight is 331 g/mol. The number of aromatic nitrogens is 3. The van der Waals surface area contributed by atoms with Gasteiger partial charge >= 0.3 is 0 Å². The van der Waals surface area contributed by atoms with Crippen molar-refractivity contribution < 1.29 is 4.79 Å². The molecule has 6 nitrogen and oxygen atoms in total. The van der Waals surface area contributed by atoms with E-state index < -0.39 is 0 Å². The van der Waals surface area contributed by atoms with E-state index in [0.717, 1.165) is 31.7 Å². The summed E-state index contributed by atoms with van der Waals surface area (Å²) in [4.78, 5) is 27.3. The molecule has 1 amide bonds. The molecule has 7 heteroatoms. The first kappa shape index (κ1) is 16.0. The van der Waals surface area contributed by atoms with Gasteiger partial charge < -0.3 is 5.32 Å². The minimum absolute atomic E-state index is 0.0763. The topological polar surface area (TPSA) is 71.0 Å². The molecule has 2 aromatic rings. The molecule has 1 atom stereocenters. The fraction of sp³-hybridized carbons (Fsp3) is 0.500. The molecule has 3 heterocycles. The molecular weight excluding hydrogens is 310 g/mol. The van der Waals surface area contributed by atoms with Crippen molar-refractivity contribution >= 4 is 22.4 Å². The Bertz CT molecular complexity index is 687. The number of likely N-dealkylation sites (tertiary alicyclic amines) is 1. The fourth-order valence-electron chi connectivity index (χ4n) is 2.96. The molecule has 0 spiro atoms. The minimum atomic E-state index is -0.0763. The van der Waals surface area contributed by atoms with Crippen molar-refractivity contribution in [1.82, 2.24) is 19.9 Å². The zero-order chi connectivity index (χ0) is 16.2. The maximum atomic E-state index is 11.0. The quantitative estimate of drug-likeness (QED) is 0.910. The third-order valence-electron chi connectivity index (χ3n) is 4.11. The average Bonchev–Trinajstić information content (AvgIpc) is 3.11. The summed E-state index contributed by atoms with van der Waals surface area (Å²) in [5.74, 6) is 0.579. The van der Waals surface area contributed by atoms with E-state index in [-0.39, 0.29) is 5.91 Å². The Morgan fingerprint density at radius 2 is 2.30 bits per heavy atom. The summed E-state index contributed by atoms with van der Waals surface area (Å²) < 4.78 is 0. The molecule has 0 radical (unpaired) electrons. The summed E-state index contributed by atoms with van der Waals surface area (Å²) in [5.41, 5.74) is 2.34. The zero-order valence-electron chi connectivity index (χ0n) is 13.5. The Balaban J connectivity index is 1.53. The van der Waals surface area contributed by atoms with Crippen LogP contribution in [0.1, 0.15) is 29.5 Å². The predicted octanol–water partition coefficient (Wildman–Crippen LogP) is 2.26. The van der Waals surface area contributed by atoms with Crippen LogP contribution in [0.5, 0.6) is 0 Å². The lowest BCUT2D eigenvalue weighted by Crippen LogP contribution is -2.20. The van der Waals surface area contributed by atoms with Crippen LogP contribution in [0.2, 0.25) is 0 Å². The van der Waals surface area contributed by atoms with Gasteiger partial charge in [0.15, 0.2) is 5.13 Å². The van der Waals surface area contributed by atoms with Crippen LogP contribution in [0, 0.1) is 12.8 Å². The van der Waals surface area contributed by atoms with E-state index in [0.29, 0.717) is 11.0 Å². The van der Waals surface area contributed by atoms with Gasteiger partial charge in [-0.3, -0.25) is 9.69 Å². The van der Waals surface area contributed by atoms with Crippen LogP contribution in [0.15, 0.2) is 18.7 Å². The Hall–Kier alpha value is -1.86. The number of anilines is 1. The second-order valence-corrected chi connectivity index (χ2v) is 7.16. The predicted molar refractivity (Wildman–Crippen MR) is 90.3 cm³/mol. The molecule has 0 saturated carbocycles. The number of rotatable bonds is 5. The standard InChI is InChI=1S/C16H21N5OS/c1-11-14(6-17-10-19-11)5-13-3-4-21(8-13)9-15-7-18-16(23-15)20-12(2)22/h6-7,10,13H,3-5,8-9H2,1-2H3,(H,18,20,22). The normalized spacial score (nSPS) is 18.3. The molecule has 1 saturated heterocycles. The molecule has 23 heavy (non-hydrogen) atoms. The van der Waals surface area contributed by atoms with Crippen molar-refractivity contribution in [3.05, 3.63) is 34.9 Å². The lowest BCUT2D eigenvalue weighted by Gasteiger charge is -2.15. The fourth-order valence-corrected chi connectivity index (χ4v) is 3.86. The van der Waals surface area contributed by atoms with Crippen LogP contribution in [0.4, 0.5) is 5.13 Å². The molecule has 1 aliphatic heterocycles. The highest BCUT2D eigenvalue weighted by atomic mass is 32.1. The van der Waals surface area contributed by atoms with Crippen LogP contribution < -0.4 is 5.32 Å². The highest BCUT2D eigenvalue weighted by molar-refractivity contribution is 7.15. The largest absolute Gasteiger partial charge is 0.302 e. The van der Waals surface area contributed by atoms with Crippen molar-refractivity contribution in [2.45, 2.75) is 33.2 Å². The van der Waals surface area contributed by atoms with E-state index in [9.17, 15) is 4.79 Å². The van der Waals surface area contributed by atoms with Gasteiger partial charge in [0.05, 0.1) is 0 Å². The molecule has 0 aliphatic carbocycles. The number of carbonyl (C=O) groups excluding carboxylic acids is 1. The first-order valence-electron chi connectivity index (χ1n) is 7.80. The zero-order valence-corrected chi connectivity index (χ0v) is 14.3. The van der Waals surface area contributed by atoms with E-state index in [1.807, 2.05) is 19.3 Å². The van der Waals surface area contributed by atoms with E-state index >= 15 is 0 Å². The van der Waals surface area contributed by atoms with Gasteiger partial charge in [-0.05, 0) is 37.8 Å². The molecule has 2 aromatic heterocycles. The van der Waals surface area contributed by atoms with Crippen LogP contribution in [0.25, 0.3) is 0 Å². The molecule has 122 valence electrons. The van der Waals surface area contributed by atoms with Gasteiger partial charge in [-0.1, -0.05) is 0 Å². The summed E-state index contributed by atoms with van der Waals surface area (Å²) in [6.45, 7) is 6.64. The third kappa shape index (κ3) is 4.33. The third-order valence-corrected chi connectivity index (χ3v) is 5.01. The first-order valence-corrected chi connectivity index (χ1v) is 8.62. The number of amides is 1. The highest BCUT2D eigenvalue weighted by Gasteiger charge is 2.24. The first-order chi connectivity index (χ1) is 11.1. The summed E-state index contributed by atoms with van der Waals surface area (Å²) in [5, 5.41) is 3.41. The summed E-state index contributed by atoms with van der Waals surface area (Å²) in [7, 11) is 0. The van der Waals surface area contributed by atoms with Crippen molar-refractivity contribution in [3.63, 3.8) is 0 Å². The number of carbonyl (C=O) groups is 1. The number of hydrogen-bond donors (Lipinski definition) is 1. The lowest BCUT2D eigenvalue weighted by molar-refractivity contribution is -0.114. The van der Waals surface area contributed by atoms with Crippen LogP contribution >= 0.6 is 11.3 Å². The molecular formula is C16H21N5OS. The molecule has 0 bridgehead atoms. The van der Waals surface area contributed by atoms with Gasteiger partial charge in [0, 0.05) is 43.0 Å². The van der Waals surface area contributed by atoms with Crippen LogP contribution in [-0.2, 0) is 17.8 Å². The maximum Gasteiger partial charge on any atom is 0.223 e. The highest BCUT2D eigenvalue weighted by Crippen LogP contribution is 2.25. The van der Waals surface area contributed by atoms with Crippen LogP contribution in [0.3, 0.4) is 0 Å². The van der Waals surface area contributed by atoms with Gasteiger partial charge in [-0.2, -0.15) is 0 Å². The molecule has 0 aromatic carbocycles. The monoisotopic (exact) mass is 331 g/mol. The van der Waals surface area contributed by atoms with Gasteiger partial charge in [0.25, 0.3) is 0 Å². The molecule has 1 unspecified atom stereocenters. The van der Waals surface area contributed by atoms with E-state index in [1.165, 1.54) is 23.8 Å². The second-order valence-electron chi connectivity index (χ2n) is 6.04. The van der Waals surface area contributed by atoms with Gasteiger partial charge in [-0.15, -0.1) is 11.3 Å².